The summed E-state index contributed by atoms with van der Waals surface area (Å²) >= 11 is 5.61. The zero-order valence-electron chi connectivity index (χ0n) is 11.2. The van der Waals surface area contributed by atoms with E-state index in [0.717, 1.165) is 17.4 Å². The fourth-order valence-corrected chi connectivity index (χ4v) is 2.81. The molecular weight excluding hydrogens is 296 g/mol. The highest BCUT2D eigenvalue weighted by molar-refractivity contribution is 6.30. The summed E-state index contributed by atoms with van der Waals surface area (Å²) in [6, 6.07) is 9.56. The number of benzene rings is 2. The fourth-order valence-electron chi connectivity index (χ4n) is 2.63. The first kappa shape index (κ1) is 14.3. The number of halogens is 3. The molecule has 0 radical (unpaired) electrons. The molecule has 0 spiro atoms. The Bertz CT molecular complexity index is 677. The summed E-state index contributed by atoms with van der Waals surface area (Å²) < 4.78 is 33.0. The number of hydrogen-bond acceptors (Lipinski definition) is 2. The van der Waals surface area contributed by atoms with E-state index in [4.69, 9.17) is 22.1 Å². The summed E-state index contributed by atoms with van der Waals surface area (Å²) in [6.45, 7) is 0.395. The molecule has 0 fully saturated rings. The van der Waals surface area contributed by atoms with Crippen LogP contribution < -0.4 is 10.5 Å². The Kier molecular flexibility index (Phi) is 3.83. The molecule has 1 aliphatic rings. The Morgan fingerprint density at radius 3 is 2.76 bits per heavy atom. The second-order valence-electron chi connectivity index (χ2n) is 5.17. The van der Waals surface area contributed by atoms with Gasteiger partial charge >= 0.3 is 0 Å². The van der Waals surface area contributed by atoms with Gasteiger partial charge in [0.15, 0.2) is 0 Å². The molecule has 1 heterocycles. The summed E-state index contributed by atoms with van der Waals surface area (Å²) in [7, 11) is 0. The Morgan fingerprint density at radius 1 is 1.19 bits per heavy atom. The molecule has 0 aliphatic carbocycles. The smallest absolute Gasteiger partial charge is 0.149 e. The monoisotopic (exact) mass is 309 g/mol. The molecule has 5 heteroatoms. The van der Waals surface area contributed by atoms with Crippen LogP contribution in [-0.2, 0) is 6.42 Å². The third-order valence-corrected chi connectivity index (χ3v) is 4.19. The van der Waals surface area contributed by atoms with Gasteiger partial charge in [0.2, 0.25) is 0 Å². The lowest BCUT2D eigenvalue weighted by atomic mass is 9.87. The van der Waals surface area contributed by atoms with E-state index in [1.165, 1.54) is 6.07 Å². The molecule has 21 heavy (non-hydrogen) atoms. The summed E-state index contributed by atoms with van der Waals surface area (Å²) in [5.74, 6) is -0.826. The minimum absolute atomic E-state index is 0.0871. The van der Waals surface area contributed by atoms with Crippen LogP contribution in [0, 0.1) is 17.6 Å². The van der Waals surface area contributed by atoms with Crippen molar-refractivity contribution in [2.45, 2.75) is 12.5 Å². The number of para-hydroxylation sites is 1. The van der Waals surface area contributed by atoms with Gasteiger partial charge in [-0.3, -0.25) is 0 Å². The van der Waals surface area contributed by atoms with Crippen LogP contribution in [0.4, 0.5) is 8.78 Å². The Hall–Kier alpha value is -1.65. The van der Waals surface area contributed by atoms with E-state index in [1.54, 1.807) is 0 Å². The largest absolute Gasteiger partial charge is 0.493 e. The van der Waals surface area contributed by atoms with Gasteiger partial charge in [-0.2, -0.15) is 0 Å². The molecule has 0 aromatic heterocycles. The van der Waals surface area contributed by atoms with Crippen LogP contribution in [-0.4, -0.2) is 6.61 Å². The van der Waals surface area contributed by atoms with Crippen LogP contribution >= 0.6 is 11.6 Å². The summed E-state index contributed by atoms with van der Waals surface area (Å²) in [5.41, 5.74) is 7.40. The lowest BCUT2D eigenvalue weighted by Gasteiger charge is -2.30. The van der Waals surface area contributed by atoms with Gasteiger partial charge in [0.05, 0.1) is 6.61 Å². The minimum atomic E-state index is -0.789. The third kappa shape index (κ3) is 2.61. The number of ether oxygens (including phenoxy) is 1. The zero-order chi connectivity index (χ0) is 15.0. The molecule has 2 unspecified atom stereocenters. The van der Waals surface area contributed by atoms with E-state index in [0.29, 0.717) is 13.0 Å². The molecule has 0 saturated carbocycles. The van der Waals surface area contributed by atoms with Crippen molar-refractivity contribution in [2.75, 3.05) is 6.61 Å². The van der Waals surface area contributed by atoms with Crippen LogP contribution in [0.15, 0.2) is 36.4 Å². The predicted octanol–water partition coefficient (Wildman–Crippen LogP) is 3.87. The van der Waals surface area contributed by atoms with Crippen LogP contribution in [0.1, 0.15) is 17.2 Å². The molecule has 2 aromatic carbocycles. The van der Waals surface area contributed by atoms with Crippen LogP contribution in [0.25, 0.3) is 0 Å². The maximum atomic E-state index is 14.1. The first-order chi connectivity index (χ1) is 10.1. The lowest BCUT2D eigenvalue weighted by Crippen LogP contribution is -2.32. The van der Waals surface area contributed by atoms with Crippen molar-refractivity contribution >= 4 is 11.6 Å². The average Bonchev–Trinajstić information content (AvgIpc) is 2.52. The predicted molar refractivity (Wildman–Crippen MR) is 77.4 cm³/mol. The van der Waals surface area contributed by atoms with Gasteiger partial charge < -0.3 is 10.5 Å². The molecule has 2 N–H and O–H groups in total. The van der Waals surface area contributed by atoms with Crippen molar-refractivity contribution in [2.24, 2.45) is 11.7 Å². The first-order valence-corrected chi connectivity index (χ1v) is 7.05. The maximum absolute atomic E-state index is 14.1. The van der Waals surface area contributed by atoms with Gasteiger partial charge in [-0.1, -0.05) is 35.9 Å². The van der Waals surface area contributed by atoms with Gasteiger partial charge in [0.1, 0.15) is 22.4 Å². The van der Waals surface area contributed by atoms with E-state index in [9.17, 15) is 8.78 Å². The summed E-state index contributed by atoms with van der Waals surface area (Å²) in [5, 5.41) is -0.514. The van der Waals surface area contributed by atoms with Gasteiger partial charge in [-0.15, -0.1) is 0 Å². The second-order valence-corrected chi connectivity index (χ2v) is 5.55. The summed E-state index contributed by atoms with van der Waals surface area (Å²) in [4.78, 5) is 0. The zero-order valence-corrected chi connectivity index (χ0v) is 11.9. The highest BCUT2D eigenvalue weighted by Gasteiger charge is 2.28. The Balaban J connectivity index is 1.87. The van der Waals surface area contributed by atoms with Gasteiger partial charge in [0.25, 0.3) is 0 Å². The van der Waals surface area contributed by atoms with E-state index < -0.39 is 22.7 Å². The topological polar surface area (TPSA) is 35.2 Å². The molecule has 110 valence electrons. The van der Waals surface area contributed by atoms with Crippen molar-refractivity contribution < 1.29 is 13.5 Å². The number of hydrogen-bond donors (Lipinski definition) is 1. The molecule has 3 rings (SSSR count). The van der Waals surface area contributed by atoms with Crippen LogP contribution in [0.3, 0.4) is 0 Å². The third-order valence-electron chi connectivity index (χ3n) is 3.84. The fraction of sp³-hybridized carbons (Fsp3) is 0.250. The Labute approximate surface area is 126 Å². The van der Waals surface area contributed by atoms with Gasteiger partial charge in [0, 0.05) is 17.5 Å². The quantitative estimate of drug-likeness (QED) is 0.855. The van der Waals surface area contributed by atoms with Crippen molar-refractivity contribution in [1.82, 2.24) is 0 Å². The Morgan fingerprint density at radius 2 is 1.95 bits per heavy atom. The lowest BCUT2D eigenvalue weighted by molar-refractivity contribution is 0.198. The molecule has 2 atom stereocenters. The highest BCUT2D eigenvalue weighted by Crippen LogP contribution is 2.34. The van der Waals surface area contributed by atoms with Crippen molar-refractivity contribution in [1.29, 1.82) is 0 Å². The first-order valence-electron chi connectivity index (χ1n) is 6.67. The molecule has 0 amide bonds. The van der Waals surface area contributed by atoms with E-state index >= 15 is 0 Å². The minimum Gasteiger partial charge on any atom is -0.493 e. The maximum Gasteiger partial charge on any atom is 0.149 e. The number of rotatable bonds is 2. The average molecular weight is 310 g/mol. The van der Waals surface area contributed by atoms with Crippen LogP contribution in [0.5, 0.6) is 5.75 Å². The molecule has 2 nitrogen and oxygen atoms in total. The molecule has 0 saturated heterocycles. The van der Waals surface area contributed by atoms with Crippen molar-refractivity contribution in [3.05, 3.63) is 64.2 Å². The molecule has 0 bridgehead atoms. The molecule has 1 aliphatic heterocycles. The van der Waals surface area contributed by atoms with Crippen LogP contribution in [0.2, 0.25) is 5.02 Å². The molecule has 2 aromatic rings. The van der Waals surface area contributed by atoms with E-state index in [1.807, 2.05) is 24.3 Å². The highest BCUT2D eigenvalue weighted by atomic mass is 35.5. The summed E-state index contributed by atoms with van der Waals surface area (Å²) in [6.07, 6.45) is 0.686. The van der Waals surface area contributed by atoms with Crippen molar-refractivity contribution in [3.8, 4) is 5.75 Å². The molecular formula is C16H14ClF2NO. The van der Waals surface area contributed by atoms with Gasteiger partial charge in [-0.05, 0) is 24.1 Å². The second kappa shape index (κ2) is 5.62. The number of nitrogens with two attached hydrogens (primary N) is 1. The van der Waals surface area contributed by atoms with Gasteiger partial charge in [-0.25, -0.2) is 8.78 Å². The number of fused-ring (bicyclic) bond motifs is 1. The van der Waals surface area contributed by atoms with E-state index in [2.05, 4.69) is 0 Å². The SMILES string of the molecule is NC(c1ccc(F)c(Cl)c1F)C1COc2ccccc2C1. The standard InChI is InChI=1S/C16H14ClF2NO/c17-14-12(18)6-5-11(15(14)19)16(20)10-7-9-3-1-2-4-13(9)21-8-10/h1-6,10,16H,7-8,20H2. The van der Waals surface area contributed by atoms with Crippen molar-refractivity contribution in [3.63, 3.8) is 0 Å². The normalized spacial score (nSPS) is 18.8. The van der Waals surface area contributed by atoms with E-state index in [-0.39, 0.29) is 11.5 Å².